The van der Waals surface area contributed by atoms with Gasteiger partial charge in [-0.05, 0) is 43.9 Å². The molecule has 0 aromatic heterocycles. The van der Waals surface area contributed by atoms with Crippen LogP contribution >= 0.6 is 0 Å². The molecule has 1 N–H and O–H groups in total. The van der Waals surface area contributed by atoms with E-state index in [0.717, 1.165) is 24.1 Å². The summed E-state index contributed by atoms with van der Waals surface area (Å²) >= 11 is 0. The van der Waals surface area contributed by atoms with E-state index in [4.69, 9.17) is 0 Å². The van der Waals surface area contributed by atoms with E-state index in [9.17, 15) is 4.79 Å². The van der Waals surface area contributed by atoms with Crippen molar-refractivity contribution in [2.24, 2.45) is 5.92 Å². The van der Waals surface area contributed by atoms with Crippen molar-refractivity contribution < 1.29 is 4.79 Å². The Bertz CT molecular complexity index is 405. The third kappa shape index (κ3) is 3.09. The van der Waals surface area contributed by atoms with Gasteiger partial charge in [0.25, 0.3) is 0 Å². The minimum Gasteiger partial charge on any atom is -0.326 e. The third-order valence-corrected chi connectivity index (χ3v) is 3.63. The minimum absolute atomic E-state index is 0.207. The van der Waals surface area contributed by atoms with Gasteiger partial charge in [0.15, 0.2) is 0 Å². The molecule has 0 atom stereocenters. The third-order valence-electron chi connectivity index (χ3n) is 3.63. The molecule has 2 rings (SSSR count). The van der Waals surface area contributed by atoms with E-state index < -0.39 is 0 Å². The molecule has 0 unspecified atom stereocenters. The van der Waals surface area contributed by atoms with E-state index >= 15 is 0 Å². The van der Waals surface area contributed by atoms with Crippen LogP contribution in [0.3, 0.4) is 0 Å². The first-order valence-electron chi connectivity index (χ1n) is 6.55. The highest BCUT2D eigenvalue weighted by atomic mass is 16.1. The zero-order valence-electron chi connectivity index (χ0n) is 10.8. The molecule has 2 nitrogen and oxygen atoms in total. The number of rotatable bonds is 2. The molecule has 0 saturated heterocycles. The molecule has 0 heterocycles. The van der Waals surface area contributed by atoms with Crippen LogP contribution in [-0.2, 0) is 4.79 Å². The van der Waals surface area contributed by atoms with E-state index in [1.807, 2.05) is 6.92 Å². The topological polar surface area (TPSA) is 29.1 Å². The smallest absolute Gasteiger partial charge is 0.227 e. The predicted molar refractivity (Wildman–Crippen MR) is 71.1 cm³/mol. The number of anilines is 1. The fourth-order valence-electron chi connectivity index (χ4n) is 2.47. The van der Waals surface area contributed by atoms with Gasteiger partial charge in [-0.25, -0.2) is 0 Å². The summed E-state index contributed by atoms with van der Waals surface area (Å²) in [6, 6.07) is 6.19. The Morgan fingerprint density at radius 1 is 1.18 bits per heavy atom. The van der Waals surface area contributed by atoms with Crippen LogP contribution in [0.5, 0.6) is 0 Å². The largest absolute Gasteiger partial charge is 0.326 e. The molecule has 1 saturated carbocycles. The van der Waals surface area contributed by atoms with Crippen LogP contribution in [0.15, 0.2) is 18.2 Å². The molecule has 0 radical (unpaired) electrons. The van der Waals surface area contributed by atoms with E-state index in [0.29, 0.717) is 0 Å². The first kappa shape index (κ1) is 12.2. The predicted octanol–water partition coefficient (Wildman–Crippen LogP) is 3.82. The Morgan fingerprint density at radius 2 is 1.88 bits per heavy atom. The molecule has 1 aromatic carbocycles. The van der Waals surface area contributed by atoms with Gasteiger partial charge < -0.3 is 5.32 Å². The number of benzene rings is 1. The lowest BCUT2D eigenvalue weighted by atomic mass is 9.88. The van der Waals surface area contributed by atoms with Crippen molar-refractivity contribution in [3.05, 3.63) is 29.3 Å². The molecule has 2 heteroatoms. The second kappa shape index (κ2) is 5.35. The highest BCUT2D eigenvalue weighted by molar-refractivity contribution is 5.93. The molecule has 17 heavy (non-hydrogen) atoms. The molecule has 1 aliphatic carbocycles. The van der Waals surface area contributed by atoms with Crippen molar-refractivity contribution in [1.29, 1.82) is 0 Å². The summed E-state index contributed by atoms with van der Waals surface area (Å²) in [6.07, 6.45) is 5.79. The van der Waals surface area contributed by atoms with Gasteiger partial charge >= 0.3 is 0 Å². The van der Waals surface area contributed by atoms with Gasteiger partial charge in [0.05, 0.1) is 0 Å². The Balaban J connectivity index is 2.04. The Morgan fingerprint density at radius 3 is 2.59 bits per heavy atom. The second-order valence-electron chi connectivity index (χ2n) is 5.14. The first-order valence-corrected chi connectivity index (χ1v) is 6.55. The average Bonchev–Trinajstić information content (AvgIpc) is 2.35. The summed E-state index contributed by atoms with van der Waals surface area (Å²) < 4.78 is 0. The number of amides is 1. The molecule has 1 amide bonds. The fourth-order valence-corrected chi connectivity index (χ4v) is 2.47. The van der Waals surface area contributed by atoms with Gasteiger partial charge in [0.2, 0.25) is 5.91 Å². The van der Waals surface area contributed by atoms with E-state index in [1.54, 1.807) is 0 Å². The number of hydrogen-bond donors (Lipinski definition) is 1. The molecule has 1 aliphatic rings. The van der Waals surface area contributed by atoms with Crippen molar-refractivity contribution in [1.82, 2.24) is 0 Å². The number of hydrogen-bond acceptors (Lipinski definition) is 1. The second-order valence-corrected chi connectivity index (χ2v) is 5.14. The zero-order chi connectivity index (χ0) is 12.3. The summed E-state index contributed by atoms with van der Waals surface area (Å²) in [7, 11) is 0. The van der Waals surface area contributed by atoms with Gasteiger partial charge in [0, 0.05) is 11.6 Å². The van der Waals surface area contributed by atoms with Crippen LogP contribution < -0.4 is 5.32 Å². The van der Waals surface area contributed by atoms with Gasteiger partial charge in [0.1, 0.15) is 0 Å². The van der Waals surface area contributed by atoms with Crippen molar-refractivity contribution in [3.63, 3.8) is 0 Å². The molecule has 0 bridgehead atoms. The molecule has 1 aromatic rings. The Kier molecular flexibility index (Phi) is 3.82. The Hall–Kier alpha value is -1.31. The monoisotopic (exact) mass is 231 g/mol. The van der Waals surface area contributed by atoms with Crippen molar-refractivity contribution in [2.45, 2.75) is 46.0 Å². The quantitative estimate of drug-likeness (QED) is 0.823. The lowest BCUT2D eigenvalue weighted by molar-refractivity contribution is -0.120. The number of nitrogens with one attached hydrogen (secondary N) is 1. The van der Waals surface area contributed by atoms with Crippen LogP contribution in [0.2, 0.25) is 0 Å². The maximum Gasteiger partial charge on any atom is 0.227 e. The van der Waals surface area contributed by atoms with Crippen LogP contribution in [0.4, 0.5) is 5.69 Å². The van der Waals surface area contributed by atoms with Crippen molar-refractivity contribution in [3.8, 4) is 0 Å². The first-order chi connectivity index (χ1) is 8.16. The molecular formula is C15H21NO. The average molecular weight is 231 g/mol. The molecule has 1 fully saturated rings. The number of aryl methyl sites for hydroxylation is 2. The summed E-state index contributed by atoms with van der Waals surface area (Å²) in [5, 5.41) is 3.08. The normalized spacial score (nSPS) is 16.8. The van der Waals surface area contributed by atoms with Crippen LogP contribution in [0, 0.1) is 19.8 Å². The van der Waals surface area contributed by atoms with Gasteiger partial charge in [-0.15, -0.1) is 0 Å². The Labute approximate surface area is 103 Å². The summed E-state index contributed by atoms with van der Waals surface area (Å²) in [6.45, 7) is 4.09. The highest BCUT2D eigenvalue weighted by Gasteiger charge is 2.21. The van der Waals surface area contributed by atoms with Gasteiger partial charge in [-0.2, -0.15) is 0 Å². The van der Waals surface area contributed by atoms with Crippen molar-refractivity contribution >= 4 is 11.6 Å². The zero-order valence-corrected chi connectivity index (χ0v) is 10.8. The van der Waals surface area contributed by atoms with Crippen LogP contribution in [-0.4, -0.2) is 5.91 Å². The summed E-state index contributed by atoms with van der Waals surface area (Å²) in [5.41, 5.74) is 3.30. The standard InChI is InChI=1S/C15H21NO/c1-11-8-9-12(2)14(10-11)16-15(17)13-6-4-3-5-7-13/h8-10,13H,3-7H2,1-2H3,(H,16,17). The minimum atomic E-state index is 0.207. The van der Waals surface area contributed by atoms with Crippen molar-refractivity contribution in [2.75, 3.05) is 5.32 Å². The number of carbonyl (C=O) groups is 1. The fraction of sp³-hybridized carbons (Fsp3) is 0.533. The summed E-state index contributed by atoms with van der Waals surface area (Å²) in [4.78, 5) is 12.1. The molecule has 0 aliphatic heterocycles. The summed E-state index contributed by atoms with van der Waals surface area (Å²) in [5.74, 6) is 0.432. The van der Waals surface area contributed by atoms with Crippen LogP contribution in [0.25, 0.3) is 0 Å². The maximum atomic E-state index is 12.1. The maximum absolute atomic E-state index is 12.1. The highest BCUT2D eigenvalue weighted by Crippen LogP contribution is 2.25. The molecular weight excluding hydrogens is 210 g/mol. The SMILES string of the molecule is Cc1ccc(C)c(NC(=O)C2CCCCC2)c1. The van der Waals surface area contributed by atoms with E-state index in [-0.39, 0.29) is 11.8 Å². The van der Waals surface area contributed by atoms with Gasteiger partial charge in [-0.3, -0.25) is 4.79 Å². The lowest BCUT2D eigenvalue weighted by Gasteiger charge is -2.21. The number of carbonyl (C=O) groups excluding carboxylic acids is 1. The molecule has 92 valence electrons. The van der Waals surface area contributed by atoms with Crippen LogP contribution in [0.1, 0.15) is 43.2 Å². The van der Waals surface area contributed by atoms with E-state index in [1.165, 1.54) is 24.8 Å². The van der Waals surface area contributed by atoms with E-state index in [2.05, 4.69) is 30.4 Å². The van der Waals surface area contributed by atoms with Gasteiger partial charge in [-0.1, -0.05) is 31.4 Å². The molecule has 0 spiro atoms. The lowest BCUT2D eigenvalue weighted by Crippen LogP contribution is -2.25.